The molecule has 4 aromatic rings. The lowest BCUT2D eigenvalue weighted by Gasteiger charge is -2.09. The van der Waals surface area contributed by atoms with Crippen LogP contribution in [0, 0.1) is 6.92 Å². The number of benzene rings is 3. The first-order chi connectivity index (χ1) is 14.6. The number of methoxy groups -OCH3 is 1. The molecule has 1 heterocycles. The monoisotopic (exact) mass is 418 g/mol. The van der Waals surface area contributed by atoms with Crippen LogP contribution in [0.3, 0.4) is 0 Å². The molecule has 0 radical (unpaired) electrons. The van der Waals surface area contributed by atoms with Crippen molar-refractivity contribution in [3.63, 3.8) is 0 Å². The number of aromatic amines is 1. The Labute approximate surface area is 180 Å². The van der Waals surface area contributed by atoms with E-state index in [1.54, 1.807) is 7.11 Å². The van der Waals surface area contributed by atoms with E-state index < -0.39 is 0 Å². The third kappa shape index (κ3) is 4.49. The molecule has 6 heteroatoms. The number of anilines is 1. The molecule has 0 bridgehead atoms. The average molecular weight is 419 g/mol. The highest BCUT2D eigenvalue weighted by atomic mass is 32.2. The third-order valence-corrected chi connectivity index (χ3v) is 5.92. The minimum atomic E-state index is -0.0433. The maximum atomic E-state index is 12.6. The first kappa shape index (κ1) is 20.0. The van der Waals surface area contributed by atoms with E-state index in [0.717, 1.165) is 39.7 Å². The smallest absolute Gasteiger partial charge is 0.317 e. The molecule has 152 valence electrons. The Kier molecular flexibility index (Phi) is 6.05. The second-order valence-corrected chi connectivity index (χ2v) is 8.00. The molecule has 0 unspecified atom stereocenters. The molecule has 30 heavy (non-hydrogen) atoms. The molecule has 1 amide bonds. The molecule has 5 nitrogen and oxygen atoms in total. The highest BCUT2D eigenvalue weighted by Gasteiger charge is 2.20. The second-order valence-electron chi connectivity index (χ2n) is 7.04. The van der Waals surface area contributed by atoms with Gasteiger partial charge in [-0.2, -0.15) is 0 Å². The van der Waals surface area contributed by atoms with E-state index in [9.17, 15) is 4.79 Å². The number of hydrogen-bond donors (Lipinski definition) is 2. The van der Waals surface area contributed by atoms with E-state index in [0.29, 0.717) is 5.75 Å². The van der Waals surface area contributed by atoms with Gasteiger partial charge in [0, 0.05) is 5.69 Å². The van der Waals surface area contributed by atoms with Gasteiger partial charge in [0.1, 0.15) is 12.3 Å². The number of para-hydroxylation sites is 2. The second kappa shape index (κ2) is 9.05. The van der Waals surface area contributed by atoms with Crippen molar-refractivity contribution in [2.45, 2.75) is 18.6 Å². The molecule has 0 saturated carbocycles. The predicted molar refractivity (Wildman–Crippen MR) is 121 cm³/mol. The number of rotatable bonds is 7. The summed E-state index contributed by atoms with van der Waals surface area (Å²) in [7, 11) is 1.63. The van der Waals surface area contributed by atoms with Gasteiger partial charge >= 0.3 is 5.16 Å². The molecule has 0 aliphatic rings. The Hall–Kier alpha value is -3.25. The van der Waals surface area contributed by atoms with Crippen LogP contribution >= 0.6 is 11.8 Å². The van der Waals surface area contributed by atoms with E-state index in [-0.39, 0.29) is 5.91 Å². The Bertz CT molecular complexity index is 1170. The lowest BCUT2D eigenvalue weighted by Crippen LogP contribution is -2.35. The van der Waals surface area contributed by atoms with Gasteiger partial charge in [-0.05, 0) is 60.1 Å². The molecule has 4 rings (SSSR count). The molecule has 0 fully saturated rings. The summed E-state index contributed by atoms with van der Waals surface area (Å²) < 4.78 is 7.45. The summed E-state index contributed by atoms with van der Waals surface area (Å²) in [6.07, 6.45) is 0. The maximum absolute atomic E-state index is 12.6. The molecule has 0 aliphatic carbocycles. The van der Waals surface area contributed by atoms with Crippen molar-refractivity contribution in [1.29, 1.82) is 0 Å². The Morgan fingerprint density at radius 2 is 1.83 bits per heavy atom. The van der Waals surface area contributed by atoms with Crippen LogP contribution in [0.1, 0.15) is 11.1 Å². The summed E-state index contributed by atoms with van der Waals surface area (Å²) in [5.41, 5.74) is 5.16. The van der Waals surface area contributed by atoms with E-state index in [1.807, 2.05) is 55.5 Å². The quantitative estimate of drug-likeness (QED) is 0.342. The van der Waals surface area contributed by atoms with Gasteiger partial charge in [0.15, 0.2) is 11.0 Å². The molecule has 0 saturated heterocycles. The first-order valence-corrected chi connectivity index (χ1v) is 10.7. The summed E-state index contributed by atoms with van der Waals surface area (Å²) >= 11 is 1.50. The summed E-state index contributed by atoms with van der Waals surface area (Å²) in [6, 6.07) is 24.2. The normalized spacial score (nSPS) is 10.9. The van der Waals surface area contributed by atoms with Crippen LogP contribution in [0.15, 0.2) is 78.0 Å². The number of aromatic nitrogens is 2. The van der Waals surface area contributed by atoms with Gasteiger partial charge in [-0.25, -0.2) is 9.55 Å². The van der Waals surface area contributed by atoms with Crippen LogP contribution in [0.4, 0.5) is 5.69 Å². The first-order valence-electron chi connectivity index (χ1n) is 9.76. The van der Waals surface area contributed by atoms with Crippen molar-refractivity contribution < 1.29 is 14.1 Å². The van der Waals surface area contributed by atoms with Crippen molar-refractivity contribution in [2.24, 2.45) is 0 Å². The van der Waals surface area contributed by atoms with Crippen molar-refractivity contribution >= 4 is 34.4 Å². The number of nitrogens with zero attached hydrogens (tertiary/aromatic N) is 1. The predicted octanol–water partition coefficient (Wildman–Crippen LogP) is 4.55. The number of thioether (sulfide) groups is 1. The highest BCUT2D eigenvalue weighted by Crippen LogP contribution is 2.22. The number of H-pyrrole nitrogens is 1. The number of carbonyl (C=O) groups excluding carboxylic acids is 1. The third-order valence-electron chi connectivity index (χ3n) is 4.91. The number of hydrogen-bond acceptors (Lipinski definition) is 3. The summed E-state index contributed by atoms with van der Waals surface area (Å²) in [5, 5.41) is 3.96. The minimum Gasteiger partial charge on any atom is -0.497 e. The van der Waals surface area contributed by atoms with Crippen LogP contribution in [0.5, 0.6) is 5.75 Å². The zero-order valence-electron chi connectivity index (χ0n) is 17.0. The van der Waals surface area contributed by atoms with Crippen molar-refractivity contribution in [1.82, 2.24) is 4.98 Å². The fourth-order valence-electron chi connectivity index (χ4n) is 3.37. The van der Waals surface area contributed by atoms with Crippen LogP contribution in [0.2, 0.25) is 0 Å². The SMILES string of the molecule is COc1ccc(NC(=O)CSc2[nH]c3ccccc3[n+]2Cc2ccccc2)c(C)c1. The van der Waals surface area contributed by atoms with E-state index in [4.69, 9.17) is 4.74 Å². The lowest BCUT2D eigenvalue weighted by molar-refractivity contribution is -0.700. The Morgan fingerprint density at radius 1 is 1.07 bits per heavy atom. The topological polar surface area (TPSA) is 58.0 Å². The van der Waals surface area contributed by atoms with Crippen LogP contribution in [0.25, 0.3) is 11.0 Å². The molecule has 1 aromatic heterocycles. The minimum absolute atomic E-state index is 0.0433. The van der Waals surface area contributed by atoms with Crippen LogP contribution in [-0.2, 0) is 11.3 Å². The molecule has 2 N–H and O–H groups in total. The van der Waals surface area contributed by atoms with Crippen molar-refractivity contribution in [2.75, 3.05) is 18.2 Å². The largest absolute Gasteiger partial charge is 0.497 e. The summed E-state index contributed by atoms with van der Waals surface area (Å²) in [4.78, 5) is 16.1. The number of carbonyl (C=O) groups is 1. The molecular weight excluding hydrogens is 394 g/mol. The standard InChI is InChI=1S/C24H23N3O2S/c1-17-14-19(29-2)12-13-20(17)25-23(28)16-30-24-26-21-10-6-7-11-22(21)27(24)15-18-8-4-3-5-9-18/h3-14H,15-16H2,1-2H3,(H,25,28)/p+1. The molecule has 0 aliphatic heterocycles. The lowest BCUT2D eigenvalue weighted by atomic mass is 10.2. The van der Waals surface area contributed by atoms with Gasteiger partial charge in [-0.1, -0.05) is 42.5 Å². The number of fused-ring (bicyclic) bond motifs is 1. The van der Waals surface area contributed by atoms with Gasteiger partial charge in [0.25, 0.3) is 0 Å². The molecular formula is C24H24N3O2S+. The maximum Gasteiger partial charge on any atom is 0.317 e. The Morgan fingerprint density at radius 3 is 2.60 bits per heavy atom. The van der Waals surface area contributed by atoms with E-state index in [1.165, 1.54) is 17.3 Å². The highest BCUT2D eigenvalue weighted by molar-refractivity contribution is 7.99. The van der Waals surface area contributed by atoms with Gasteiger partial charge in [0.2, 0.25) is 5.91 Å². The Balaban J connectivity index is 1.51. The van der Waals surface area contributed by atoms with Gasteiger partial charge in [0.05, 0.1) is 12.9 Å². The molecule has 0 atom stereocenters. The van der Waals surface area contributed by atoms with E-state index in [2.05, 4.69) is 39.1 Å². The van der Waals surface area contributed by atoms with Gasteiger partial charge in [-0.3, -0.25) is 4.79 Å². The zero-order chi connectivity index (χ0) is 20.9. The van der Waals surface area contributed by atoms with Crippen LogP contribution in [-0.4, -0.2) is 23.8 Å². The fraction of sp³-hybridized carbons (Fsp3) is 0.167. The van der Waals surface area contributed by atoms with E-state index >= 15 is 0 Å². The number of nitrogens with one attached hydrogen (secondary N) is 2. The summed E-state index contributed by atoms with van der Waals surface area (Å²) in [5.74, 6) is 1.05. The summed E-state index contributed by atoms with van der Waals surface area (Å²) in [6.45, 7) is 2.70. The van der Waals surface area contributed by atoms with Crippen molar-refractivity contribution in [3.05, 3.63) is 83.9 Å². The molecule has 0 spiro atoms. The average Bonchev–Trinajstić information content (AvgIpc) is 3.12. The van der Waals surface area contributed by atoms with Gasteiger partial charge < -0.3 is 10.1 Å². The fourth-order valence-corrected chi connectivity index (χ4v) is 4.21. The van der Waals surface area contributed by atoms with Crippen molar-refractivity contribution in [3.8, 4) is 5.75 Å². The zero-order valence-corrected chi connectivity index (χ0v) is 17.8. The van der Waals surface area contributed by atoms with Crippen LogP contribution < -0.4 is 14.6 Å². The number of ether oxygens (including phenoxy) is 1. The number of imidazole rings is 1. The number of amides is 1. The number of aryl methyl sites for hydroxylation is 1. The molecule has 3 aromatic carbocycles. The van der Waals surface area contributed by atoms with Gasteiger partial charge in [-0.15, -0.1) is 0 Å².